The largest absolute Gasteiger partial charge is 0.303 e. The van der Waals surface area contributed by atoms with Crippen LogP contribution in [0.1, 0.15) is 36.8 Å². The molecule has 1 aromatic heterocycles. The Bertz CT molecular complexity index is 647. The number of carbonyl (C=O) groups is 1. The quantitative estimate of drug-likeness (QED) is 0.928. The third kappa shape index (κ3) is 2.88. The predicted octanol–water partition coefficient (Wildman–Crippen LogP) is 1.69. The van der Waals surface area contributed by atoms with E-state index in [2.05, 4.69) is 27.5 Å². The van der Waals surface area contributed by atoms with Crippen LogP contribution in [0.4, 0.5) is 0 Å². The first-order valence-electron chi connectivity index (χ1n) is 7.36. The smallest absolute Gasteiger partial charge is 0.157 e. The molecule has 0 saturated heterocycles. The molecule has 1 aromatic carbocycles. The molecule has 3 rings (SSSR count). The summed E-state index contributed by atoms with van der Waals surface area (Å²) in [6, 6.07) is 8.37. The van der Waals surface area contributed by atoms with E-state index < -0.39 is 0 Å². The van der Waals surface area contributed by atoms with Gasteiger partial charge in [-0.1, -0.05) is 24.3 Å². The van der Waals surface area contributed by atoms with E-state index in [1.807, 2.05) is 30.7 Å². The summed E-state index contributed by atoms with van der Waals surface area (Å²) in [5.74, 6) is 0.926. The highest BCUT2D eigenvalue weighted by Crippen LogP contribution is 2.17. The van der Waals surface area contributed by atoms with Crippen LogP contribution in [0.15, 0.2) is 30.6 Å². The normalized spacial score (nSPS) is 17.8. The highest BCUT2D eigenvalue weighted by molar-refractivity contribution is 5.86. The van der Waals surface area contributed by atoms with E-state index >= 15 is 0 Å². The van der Waals surface area contributed by atoms with Crippen LogP contribution in [0.3, 0.4) is 0 Å². The van der Waals surface area contributed by atoms with Gasteiger partial charge in [0.05, 0.1) is 12.5 Å². The van der Waals surface area contributed by atoms with Gasteiger partial charge < -0.3 is 5.32 Å². The number of hydrogen-bond donors (Lipinski definition) is 1. The van der Waals surface area contributed by atoms with E-state index in [4.69, 9.17) is 0 Å². The van der Waals surface area contributed by atoms with Crippen LogP contribution >= 0.6 is 0 Å². The molecule has 1 aliphatic heterocycles. The highest BCUT2D eigenvalue weighted by atomic mass is 16.1. The lowest BCUT2D eigenvalue weighted by atomic mass is 9.93. The number of ketones is 1. The van der Waals surface area contributed by atoms with Gasteiger partial charge in [-0.2, -0.15) is 5.10 Å². The summed E-state index contributed by atoms with van der Waals surface area (Å²) in [5.41, 5.74) is 2.55. The van der Waals surface area contributed by atoms with Crippen molar-refractivity contribution >= 4 is 5.78 Å². The second-order valence-corrected chi connectivity index (χ2v) is 5.76. The third-order valence-electron chi connectivity index (χ3n) is 3.94. The second-order valence-electron chi connectivity index (χ2n) is 5.76. The first kappa shape index (κ1) is 13.9. The topological polar surface area (TPSA) is 59.8 Å². The molecule has 0 saturated carbocycles. The fourth-order valence-electron chi connectivity index (χ4n) is 2.79. The number of rotatable bonds is 4. The third-order valence-corrected chi connectivity index (χ3v) is 3.94. The fourth-order valence-corrected chi connectivity index (χ4v) is 2.79. The molecule has 0 fully saturated rings. The SMILES string of the molecule is CC(C)n1ncnc1CC(=O)C1Cc2ccccc2CN1. The number of nitrogens with one attached hydrogen (secondary N) is 1. The zero-order valence-electron chi connectivity index (χ0n) is 12.4. The molecule has 21 heavy (non-hydrogen) atoms. The van der Waals surface area contributed by atoms with Crippen molar-refractivity contribution in [1.82, 2.24) is 20.1 Å². The molecular formula is C16H20N4O. The average Bonchev–Trinajstić information content (AvgIpc) is 2.95. The predicted molar refractivity (Wildman–Crippen MR) is 79.9 cm³/mol. The van der Waals surface area contributed by atoms with Gasteiger partial charge in [0, 0.05) is 12.6 Å². The molecule has 0 radical (unpaired) electrons. The molecule has 5 nitrogen and oxygen atoms in total. The van der Waals surface area contributed by atoms with E-state index in [1.54, 1.807) is 0 Å². The summed E-state index contributed by atoms with van der Waals surface area (Å²) in [7, 11) is 0. The van der Waals surface area contributed by atoms with Gasteiger partial charge >= 0.3 is 0 Å². The summed E-state index contributed by atoms with van der Waals surface area (Å²) < 4.78 is 1.81. The van der Waals surface area contributed by atoms with E-state index in [9.17, 15) is 4.79 Å². The molecule has 0 aliphatic carbocycles. The summed E-state index contributed by atoms with van der Waals surface area (Å²) in [6.07, 6.45) is 2.61. The Balaban J connectivity index is 1.71. The van der Waals surface area contributed by atoms with Crippen LogP contribution in [0.5, 0.6) is 0 Å². The van der Waals surface area contributed by atoms with Crippen molar-refractivity contribution in [2.75, 3.05) is 0 Å². The molecule has 5 heteroatoms. The van der Waals surface area contributed by atoms with E-state index in [0.29, 0.717) is 6.42 Å². The first-order valence-corrected chi connectivity index (χ1v) is 7.36. The van der Waals surface area contributed by atoms with Crippen LogP contribution < -0.4 is 5.32 Å². The van der Waals surface area contributed by atoms with Gasteiger partial charge in [0.1, 0.15) is 12.2 Å². The van der Waals surface area contributed by atoms with Gasteiger partial charge in [-0.25, -0.2) is 9.67 Å². The van der Waals surface area contributed by atoms with Gasteiger partial charge in [-0.3, -0.25) is 4.79 Å². The van der Waals surface area contributed by atoms with Crippen molar-refractivity contribution in [2.24, 2.45) is 0 Å². The standard InChI is InChI=1S/C16H20N4O/c1-11(2)20-16(18-10-19-20)8-15(21)14-7-12-5-3-4-6-13(12)9-17-14/h3-6,10-11,14,17H,7-9H2,1-2H3. The molecule has 0 spiro atoms. The summed E-state index contributed by atoms with van der Waals surface area (Å²) in [6.45, 7) is 4.83. The van der Waals surface area contributed by atoms with Crippen molar-refractivity contribution in [1.29, 1.82) is 0 Å². The molecule has 1 N–H and O–H groups in total. The first-order chi connectivity index (χ1) is 10.1. The number of benzene rings is 1. The van der Waals surface area contributed by atoms with Gasteiger partial charge in [0.25, 0.3) is 0 Å². The average molecular weight is 284 g/mol. The zero-order valence-corrected chi connectivity index (χ0v) is 12.4. The van der Waals surface area contributed by atoms with Gasteiger partial charge in [0.2, 0.25) is 0 Å². The molecule has 0 bridgehead atoms. The molecular weight excluding hydrogens is 264 g/mol. The number of nitrogens with zero attached hydrogens (tertiary/aromatic N) is 3. The van der Waals surface area contributed by atoms with Gasteiger partial charge in [0.15, 0.2) is 5.78 Å². The highest BCUT2D eigenvalue weighted by Gasteiger charge is 2.25. The molecule has 1 aliphatic rings. The molecule has 2 heterocycles. The summed E-state index contributed by atoms with van der Waals surface area (Å²) >= 11 is 0. The number of Topliss-reactive ketones (excluding diaryl/α,β-unsaturated/α-hetero) is 1. The summed E-state index contributed by atoms with van der Waals surface area (Å²) in [4.78, 5) is 16.7. The zero-order chi connectivity index (χ0) is 14.8. The van der Waals surface area contributed by atoms with Crippen molar-refractivity contribution in [3.63, 3.8) is 0 Å². The maximum Gasteiger partial charge on any atom is 0.157 e. The summed E-state index contributed by atoms with van der Waals surface area (Å²) in [5, 5.41) is 7.51. The minimum atomic E-state index is -0.128. The lowest BCUT2D eigenvalue weighted by Gasteiger charge is -2.25. The van der Waals surface area contributed by atoms with E-state index in [1.165, 1.54) is 17.5 Å². The number of hydrogen-bond acceptors (Lipinski definition) is 4. The monoisotopic (exact) mass is 284 g/mol. The second kappa shape index (κ2) is 5.77. The van der Waals surface area contributed by atoms with Crippen LogP contribution in [0, 0.1) is 0 Å². The maximum atomic E-state index is 12.5. The molecule has 1 atom stereocenters. The number of fused-ring (bicyclic) bond motifs is 1. The lowest BCUT2D eigenvalue weighted by Crippen LogP contribution is -2.42. The minimum Gasteiger partial charge on any atom is -0.303 e. The van der Waals surface area contributed by atoms with Crippen LogP contribution in [0.2, 0.25) is 0 Å². The Hall–Kier alpha value is -2.01. The van der Waals surface area contributed by atoms with Crippen LogP contribution in [-0.4, -0.2) is 26.6 Å². The van der Waals surface area contributed by atoms with Crippen molar-refractivity contribution in [3.8, 4) is 0 Å². The number of aromatic nitrogens is 3. The minimum absolute atomic E-state index is 0.128. The Morgan fingerprint density at radius 3 is 2.90 bits per heavy atom. The molecule has 0 amide bonds. The van der Waals surface area contributed by atoms with Crippen LogP contribution in [-0.2, 0) is 24.2 Å². The fraction of sp³-hybridized carbons (Fsp3) is 0.438. The van der Waals surface area contributed by atoms with Gasteiger partial charge in [-0.05, 0) is 31.4 Å². The van der Waals surface area contributed by atoms with Crippen LogP contribution in [0.25, 0.3) is 0 Å². The molecule has 1 unspecified atom stereocenters. The van der Waals surface area contributed by atoms with Gasteiger partial charge in [-0.15, -0.1) is 0 Å². The Labute approximate surface area is 124 Å². The molecule has 110 valence electrons. The van der Waals surface area contributed by atoms with Crippen molar-refractivity contribution in [2.45, 2.75) is 45.3 Å². The molecule has 2 aromatic rings. The van der Waals surface area contributed by atoms with E-state index in [-0.39, 0.29) is 17.9 Å². The van der Waals surface area contributed by atoms with Crippen molar-refractivity contribution in [3.05, 3.63) is 47.5 Å². The Morgan fingerprint density at radius 1 is 1.38 bits per heavy atom. The Morgan fingerprint density at radius 2 is 2.14 bits per heavy atom. The Kier molecular flexibility index (Phi) is 3.84. The maximum absolute atomic E-state index is 12.5. The lowest BCUT2D eigenvalue weighted by molar-refractivity contribution is -0.120. The number of carbonyl (C=O) groups excluding carboxylic acids is 1. The van der Waals surface area contributed by atoms with E-state index in [0.717, 1.165) is 18.8 Å². The van der Waals surface area contributed by atoms with Crippen molar-refractivity contribution < 1.29 is 4.79 Å².